The molecule has 1 heterocycles. The highest BCUT2D eigenvalue weighted by atomic mass is 28.2. The zero-order chi connectivity index (χ0) is 14.0. The number of ether oxygens (including phenoxy) is 1. The lowest BCUT2D eigenvalue weighted by atomic mass is 10.2. The summed E-state index contributed by atoms with van der Waals surface area (Å²) >= 11 is 0. The van der Waals surface area contributed by atoms with Crippen molar-refractivity contribution in [1.29, 1.82) is 0 Å². The van der Waals surface area contributed by atoms with Crippen molar-refractivity contribution in [2.45, 2.75) is 38.3 Å². The first-order valence-electron chi connectivity index (χ1n) is 7.26. The summed E-state index contributed by atoms with van der Waals surface area (Å²) in [5.74, 6) is 0.906. The van der Waals surface area contributed by atoms with Gasteiger partial charge in [0.2, 0.25) is 0 Å². The van der Waals surface area contributed by atoms with E-state index in [9.17, 15) is 0 Å². The molecule has 1 aromatic carbocycles. The van der Waals surface area contributed by atoms with E-state index in [0.717, 1.165) is 33.8 Å². The fraction of sp³-hybridized carbons (Fsp3) is 0.412. The van der Waals surface area contributed by atoms with Crippen molar-refractivity contribution < 1.29 is 9.15 Å². The minimum atomic E-state index is 0.592. The number of benzene rings is 1. The molecule has 0 unspecified atom stereocenters. The average Bonchev–Trinajstić information content (AvgIpc) is 2.97. The Morgan fingerprint density at radius 2 is 1.95 bits per heavy atom. The molecule has 2 radical (unpaired) electrons. The molecule has 0 N–H and O–H groups in total. The minimum Gasteiger partial charge on any atom is -0.467 e. The van der Waals surface area contributed by atoms with Gasteiger partial charge >= 0.3 is 0 Å². The number of unbranched alkanes of at least 4 members (excludes halogenated alkanes) is 1. The molecule has 20 heavy (non-hydrogen) atoms. The van der Waals surface area contributed by atoms with Crippen molar-refractivity contribution in [3.63, 3.8) is 0 Å². The van der Waals surface area contributed by atoms with Gasteiger partial charge in [0.25, 0.3) is 0 Å². The molecule has 0 amide bonds. The summed E-state index contributed by atoms with van der Waals surface area (Å²) in [6.45, 7) is 3.76. The Morgan fingerprint density at radius 1 is 1.10 bits per heavy atom. The van der Waals surface area contributed by atoms with Crippen LogP contribution in [-0.2, 0) is 11.3 Å². The highest BCUT2D eigenvalue weighted by molar-refractivity contribution is 6.54. The first-order chi connectivity index (χ1) is 9.84. The van der Waals surface area contributed by atoms with E-state index in [4.69, 9.17) is 9.15 Å². The fourth-order valence-electron chi connectivity index (χ4n) is 2.11. The molecule has 0 saturated carbocycles. The second-order valence-electron chi connectivity index (χ2n) is 5.04. The van der Waals surface area contributed by atoms with Crippen LogP contribution in [0.15, 0.2) is 53.1 Å². The molecule has 0 aliphatic heterocycles. The molecule has 2 aromatic rings. The lowest BCUT2D eigenvalue weighted by Crippen LogP contribution is -2.17. The van der Waals surface area contributed by atoms with Crippen LogP contribution >= 0.6 is 0 Å². The maximum atomic E-state index is 5.59. The van der Waals surface area contributed by atoms with Gasteiger partial charge in [-0.15, -0.1) is 0 Å². The van der Waals surface area contributed by atoms with Gasteiger partial charge in [-0.2, -0.15) is 0 Å². The summed E-state index contributed by atoms with van der Waals surface area (Å²) in [6, 6.07) is 14.6. The summed E-state index contributed by atoms with van der Waals surface area (Å²) in [4.78, 5) is 0. The monoisotopic (exact) mass is 286 g/mol. The zero-order valence-corrected chi connectivity index (χ0v) is 13.0. The van der Waals surface area contributed by atoms with Crippen LogP contribution in [0.25, 0.3) is 0 Å². The van der Waals surface area contributed by atoms with Gasteiger partial charge in [-0.25, -0.2) is 0 Å². The molecular weight excluding hydrogens is 264 g/mol. The molecule has 2 nitrogen and oxygen atoms in total. The SMILES string of the molecule is C[C@@H](CCCCOCc1ccco1)[Si]c1ccccc1. The van der Waals surface area contributed by atoms with Crippen LogP contribution in [0, 0.1) is 0 Å². The molecule has 2 rings (SSSR count). The van der Waals surface area contributed by atoms with Gasteiger partial charge in [0.15, 0.2) is 0 Å². The summed E-state index contributed by atoms with van der Waals surface area (Å²) < 4.78 is 10.8. The molecule has 0 bridgehead atoms. The lowest BCUT2D eigenvalue weighted by Gasteiger charge is -2.10. The van der Waals surface area contributed by atoms with E-state index in [2.05, 4.69) is 37.3 Å². The molecule has 0 aliphatic carbocycles. The summed E-state index contributed by atoms with van der Waals surface area (Å²) in [6.07, 6.45) is 5.33. The van der Waals surface area contributed by atoms with Gasteiger partial charge in [0, 0.05) is 6.61 Å². The normalized spacial score (nSPS) is 12.4. The first-order valence-corrected chi connectivity index (χ1v) is 8.34. The standard InChI is InChI=1S/C17H22O2Si/c1-15(20-17-10-3-2-4-11-17)8-5-6-12-18-14-16-9-7-13-19-16/h2-4,7,9-11,13,15H,5-6,8,12,14H2,1H3/t15-/m0/s1. The van der Waals surface area contributed by atoms with Gasteiger partial charge in [-0.05, 0) is 24.1 Å². The highest BCUT2D eigenvalue weighted by Gasteiger charge is 2.05. The number of furan rings is 1. The van der Waals surface area contributed by atoms with E-state index in [1.165, 1.54) is 18.0 Å². The van der Waals surface area contributed by atoms with Crippen LogP contribution in [0.4, 0.5) is 0 Å². The maximum absolute atomic E-state index is 5.59. The zero-order valence-electron chi connectivity index (χ0n) is 12.0. The number of hydrogen-bond acceptors (Lipinski definition) is 2. The van der Waals surface area contributed by atoms with Crippen LogP contribution in [0.5, 0.6) is 0 Å². The van der Waals surface area contributed by atoms with Crippen molar-refractivity contribution in [3.05, 3.63) is 54.5 Å². The summed E-state index contributed by atoms with van der Waals surface area (Å²) in [5, 5.41) is 1.47. The molecule has 0 spiro atoms. The van der Waals surface area contributed by atoms with Crippen molar-refractivity contribution in [2.75, 3.05) is 6.61 Å². The van der Waals surface area contributed by atoms with Crippen molar-refractivity contribution in [3.8, 4) is 0 Å². The predicted octanol–water partition coefficient (Wildman–Crippen LogP) is 3.80. The minimum absolute atomic E-state index is 0.592. The molecule has 0 aliphatic rings. The van der Waals surface area contributed by atoms with Crippen LogP contribution in [-0.4, -0.2) is 16.1 Å². The van der Waals surface area contributed by atoms with Crippen LogP contribution in [0.3, 0.4) is 0 Å². The van der Waals surface area contributed by atoms with Crippen LogP contribution in [0.2, 0.25) is 5.54 Å². The van der Waals surface area contributed by atoms with E-state index in [1.54, 1.807) is 6.26 Å². The van der Waals surface area contributed by atoms with Gasteiger partial charge in [-0.3, -0.25) is 0 Å². The third-order valence-corrected chi connectivity index (χ3v) is 4.64. The Hall–Kier alpha value is -1.32. The Labute approximate surface area is 124 Å². The fourth-order valence-corrected chi connectivity index (χ4v) is 3.42. The second kappa shape index (κ2) is 8.77. The van der Waals surface area contributed by atoms with E-state index < -0.39 is 0 Å². The molecule has 106 valence electrons. The van der Waals surface area contributed by atoms with E-state index in [1.807, 2.05) is 12.1 Å². The third kappa shape index (κ3) is 5.76. The van der Waals surface area contributed by atoms with Gasteiger partial charge < -0.3 is 9.15 Å². The molecule has 0 fully saturated rings. The summed E-state index contributed by atoms with van der Waals surface area (Å²) in [7, 11) is 0.916. The smallest absolute Gasteiger partial charge is 0.129 e. The van der Waals surface area contributed by atoms with Gasteiger partial charge in [-0.1, -0.05) is 55.3 Å². The molecular formula is C17H22O2Si. The van der Waals surface area contributed by atoms with E-state index in [0.29, 0.717) is 6.61 Å². The van der Waals surface area contributed by atoms with Crippen molar-refractivity contribution in [2.24, 2.45) is 0 Å². The van der Waals surface area contributed by atoms with Crippen LogP contribution in [0.1, 0.15) is 31.9 Å². The lowest BCUT2D eigenvalue weighted by molar-refractivity contribution is 0.102. The molecule has 3 heteroatoms. The maximum Gasteiger partial charge on any atom is 0.129 e. The molecule has 0 saturated heterocycles. The van der Waals surface area contributed by atoms with Gasteiger partial charge in [0.05, 0.1) is 15.8 Å². The first kappa shape index (κ1) is 15.1. The molecule has 1 aromatic heterocycles. The topological polar surface area (TPSA) is 22.4 Å². The Morgan fingerprint density at radius 3 is 2.70 bits per heavy atom. The number of rotatable bonds is 9. The highest BCUT2D eigenvalue weighted by Crippen LogP contribution is 2.12. The quantitative estimate of drug-likeness (QED) is 0.517. The third-order valence-electron chi connectivity index (χ3n) is 3.19. The van der Waals surface area contributed by atoms with Gasteiger partial charge in [0.1, 0.15) is 12.4 Å². The predicted molar refractivity (Wildman–Crippen MR) is 83.5 cm³/mol. The van der Waals surface area contributed by atoms with E-state index >= 15 is 0 Å². The van der Waals surface area contributed by atoms with Crippen LogP contribution < -0.4 is 5.19 Å². The van der Waals surface area contributed by atoms with Crippen molar-refractivity contribution >= 4 is 14.7 Å². The molecule has 1 atom stereocenters. The van der Waals surface area contributed by atoms with Crippen molar-refractivity contribution in [1.82, 2.24) is 0 Å². The van der Waals surface area contributed by atoms with E-state index in [-0.39, 0.29) is 0 Å². The Bertz CT molecular complexity index is 453. The Kier molecular flexibility index (Phi) is 6.61. The summed E-state index contributed by atoms with van der Waals surface area (Å²) in [5.41, 5.74) is 0.766. The Balaban J connectivity index is 1.50. The largest absolute Gasteiger partial charge is 0.467 e. The second-order valence-corrected chi connectivity index (χ2v) is 6.89. The average molecular weight is 286 g/mol. The number of hydrogen-bond donors (Lipinski definition) is 0.